The van der Waals surface area contributed by atoms with E-state index in [2.05, 4.69) is 28.2 Å². The Balaban J connectivity index is 2.38. The predicted octanol–water partition coefficient (Wildman–Crippen LogP) is 2.09. The molecule has 0 aromatic carbocycles. The molecule has 0 aromatic rings. The molecule has 15 heavy (non-hydrogen) atoms. The van der Waals surface area contributed by atoms with E-state index in [4.69, 9.17) is 4.74 Å². The molecule has 3 nitrogen and oxygen atoms in total. The molecule has 1 fully saturated rings. The Morgan fingerprint density at radius 3 is 2.47 bits per heavy atom. The van der Waals surface area contributed by atoms with Crippen LogP contribution in [0.3, 0.4) is 0 Å². The van der Waals surface area contributed by atoms with Crippen molar-refractivity contribution in [3.63, 3.8) is 0 Å². The molecule has 1 saturated heterocycles. The Morgan fingerprint density at radius 1 is 1.47 bits per heavy atom. The van der Waals surface area contributed by atoms with Crippen LogP contribution in [0.2, 0.25) is 0 Å². The highest BCUT2D eigenvalue weighted by Gasteiger charge is 2.30. The van der Waals surface area contributed by atoms with Crippen molar-refractivity contribution in [1.29, 1.82) is 0 Å². The molecule has 0 bridgehead atoms. The smallest absolute Gasteiger partial charge is 0.236 e. The largest absolute Gasteiger partial charge is 0.381 e. The molecule has 0 spiro atoms. The van der Waals surface area contributed by atoms with Crippen molar-refractivity contribution in [2.24, 2.45) is 5.41 Å². The summed E-state index contributed by atoms with van der Waals surface area (Å²) < 4.78 is 4.84. The zero-order valence-corrected chi connectivity index (χ0v) is 11.3. The van der Waals surface area contributed by atoms with Gasteiger partial charge in [0.05, 0.1) is 4.32 Å². The van der Waals surface area contributed by atoms with E-state index in [1.165, 1.54) is 0 Å². The van der Waals surface area contributed by atoms with Gasteiger partial charge in [0.1, 0.15) is 0 Å². The molecule has 88 valence electrons. The van der Waals surface area contributed by atoms with Crippen LogP contribution in [0.5, 0.6) is 0 Å². The highest BCUT2D eigenvalue weighted by molar-refractivity contribution is 9.10. The molecule has 1 amide bonds. The molecule has 0 aliphatic carbocycles. The van der Waals surface area contributed by atoms with Crippen LogP contribution in [0, 0.1) is 5.41 Å². The number of alkyl halides is 1. The van der Waals surface area contributed by atoms with Gasteiger partial charge in [-0.1, -0.05) is 22.9 Å². The van der Waals surface area contributed by atoms with Crippen molar-refractivity contribution in [1.82, 2.24) is 5.32 Å². The molecule has 1 heterocycles. The first-order chi connectivity index (χ1) is 6.83. The summed E-state index contributed by atoms with van der Waals surface area (Å²) in [5.41, 5.74) is 0.201. The molecule has 1 rings (SSSR count). The maximum absolute atomic E-state index is 11.7. The van der Waals surface area contributed by atoms with Crippen molar-refractivity contribution in [3.05, 3.63) is 0 Å². The average molecular weight is 278 g/mol. The Labute approximate surface area is 100 Å². The highest BCUT2D eigenvalue weighted by Crippen LogP contribution is 2.29. The fourth-order valence-corrected chi connectivity index (χ4v) is 1.69. The average Bonchev–Trinajstić information content (AvgIpc) is 2.14. The third kappa shape index (κ3) is 4.11. The first-order valence-electron chi connectivity index (χ1n) is 5.38. The number of hydrogen-bond donors (Lipinski definition) is 1. The Hall–Kier alpha value is -0.0900. The second-order valence-corrected chi connectivity index (χ2v) is 7.06. The maximum atomic E-state index is 11.7. The van der Waals surface area contributed by atoms with Gasteiger partial charge < -0.3 is 10.1 Å². The summed E-state index contributed by atoms with van der Waals surface area (Å²) >= 11 is 3.35. The lowest BCUT2D eigenvalue weighted by Gasteiger charge is -2.34. The van der Waals surface area contributed by atoms with E-state index >= 15 is 0 Å². The van der Waals surface area contributed by atoms with Crippen LogP contribution in [-0.4, -0.2) is 30.0 Å². The summed E-state index contributed by atoms with van der Waals surface area (Å²) in [6.07, 6.45) is 2.05. The van der Waals surface area contributed by atoms with Crippen LogP contribution < -0.4 is 5.32 Å². The molecule has 1 N–H and O–H groups in total. The third-order valence-corrected chi connectivity index (χ3v) is 3.28. The van der Waals surface area contributed by atoms with Gasteiger partial charge in [0, 0.05) is 19.8 Å². The van der Waals surface area contributed by atoms with Gasteiger partial charge in [-0.05, 0) is 32.1 Å². The normalized spacial score (nSPS) is 21.1. The number of carbonyl (C=O) groups is 1. The van der Waals surface area contributed by atoms with Crippen molar-refractivity contribution in [3.8, 4) is 0 Å². The van der Waals surface area contributed by atoms with Gasteiger partial charge >= 0.3 is 0 Å². The van der Waals surface area contributed by atoms with Crippen molar-refractivity contribution < 1.29 is 9.53 Å². The third-order valence-electron chi connectivity index (χ3n) is 2.92. The summed E-state index contributed by atoms with van der Waals surface area (Å²) in [4.78, 5) is 11.7. The number of carbonyl (C=O) groups excluding carboxylic acids is 1. The van der Waals surface area contributed by atoms with Gasteiger partial charge in [-0.15, -0.1) is 0 Å². The topological polar surface area (TPSA) is 38.3 Å². The SMILES string of the molecule is CC1(CNC(=O)C(C)(C)Br)CCOCC1. The van der Waals surface area contributed by atoms with E-state index in [1.807, 2.05) is 13.8 Å². The molecule has 0 aromatic heterocycles. The fraction of sp³-hybridized carbons (Fsp3) is 0.909. The van der Waals surface area contributed by atoms with Crippen LogP contribution in [-0.2, 0) is 9.53 Å². The van der Waals surface area contributed by atoms with Gasteiger partial charge in [-0.3, -0.25) is 4.79 Å². The zero-order chi connectivity index (χ0) is 11.5. The highest BCUT2D eigenvalue weighted by atomic mass is 79.9. The molecule has 1 aliphatic heterocycles. The van der Waals surface area contributed by atoms with Crippen molar-refractivity contribution >= 4 is 21.8 Å². The van der Waals surface area contributed by atoms with Gasteiger partial charge in [0.15, 0.2) is 0 Å². The van der Waals surface area contributed by atoms with Crippen LogP contribution in [0.25, 0.3) is 0 Å². The van der Waals surface area contributed by atoms with Gasteiger partial charge in [0.25, 0.3) is 0 Å². The number of rotatable bonds is 3. The van der Waals surface area contributed by atoms with Gasteiger partial charge in [-0.25, -0.2) is 0 Å². The minimum atomic E-state index is -0.478. The van der Waals surface area contributed by atoms with E-state index in [0.717, 1.165) is 32.6 Å². The van der Waals surface area contributed by atoms with E-state index in [-0.39, 0.29) is 11.3 Å². The van der Waals surface area contributed by atoms with E-state index < -0.39 is 4.32 Å². The van der Waals surface area contributed by atoms with Crippen LogP contribution in [0.4, 0.5) is 0 Å². The second kappa shape index (κ2) is 4.83. The van der Waals surface area contributed by atoms with Gasteiger partial charge in [0.2, 0.25) is 5.91 Å². The fourth-order valence-electron chi connectivity index (χ4n) is 1.54. The second-order valence-electron chi connectivity index (χ2n) is 5.08. The van der Waals surface area contributed by atoms with E-state index in [9.17, 15) is 4.79 Å². The summed E-state index contributed by atoms with van der Waals surface area (Å²) in [5.74, 6) is 0.0511. The monoisotopic (exact) mass is 277 g/mol. The Kier molecular flexibility index (Phi) is 4.18. The summed E-state index contributed by atoms with van der Waals surface area (Å²) in [6.45, 7) is 8.28. The maximum Gasteiger partial charge on any atom is 0.236 e. The number of nitrogens with one attached hydrogen (secondary N) is 1. The minimum absolute atomic E-state index is 0.0511. The van der Waals surface area contributed by atoms with Crippen LogP contribution >= 0.6 is 15.9 Å². The molecular weight excluding hydrogens is 258 g/mol. The Morgan fingerprint density at radius 2 is 2.00 bits per heavy atom. The predicted molar refractivity (Wildman–Crippen MR) is 64.2 cm³/mol. The molecule has 1 aliphatic rings. The molecule has 0 unspecified atom stereocenters. The first-order valence-corrected chi connectivity index (χ1v) is 6.18. The number of ether oxygens (including phenoxy) is 1. The zero-order valence-electron chi connectivity index (χ0n) is 9.73. The summed E-state index contributed by atoms with van der Waals surface area (Å²) in [7, 11) is 0. The van der Waals surface area contributed by atoms with E-state index in [0.29, 0.717) is 0 Å². The summed E-state index contributed by atoms with van der Waals surface area (Å²) in [5, 5.41) is 2.99. The number of amides is 1. The molecular formula is C11H20BrNO2. The molecule has 0 saturated carbocycles. The lowest BCUT2D eigenvalue weighted by atomic mass is 9.82. The number of hydrogen-bond acceptors (Lipinski definition) is 2. The van der Waals surface area contributed by atoms with Crippen molar-refractivity contribution in [2.45, 2.75) is 37.9 Å². The van der Waals surface area contributed by atoms with E-state index in [1.54, 1.807) is 0 Å². The van der Waals surface area contributed by atoms with Crippen LogP contribution in [0.15, 0.2) is 0 Å². The first kappa shape index (κ1) is 13.0. The Bertz CT molecular complexity index is 229. The molecule has 0 atom stereocenters. The van der Waals surface area contributed by atoms with Crippen molar-refractivity contribution in [2.75, 3.05) is 19.8 Å². The van der Waals surface area contributed by atoms with Crippen LogP contribution in [0.1, 0.15) is 33.6 Å². The lowest BCUT2D eigenvalue weighted by Crippen LogP contribution is -2.44. The minimum Gasteiger partial charge on any atom is -0.381 e. The standard InChI is InChI=1S/C11H20BrNO2/c1-10(2,12)9(14)13-8-11(3)4-6-15-7-5-11/h4-8H2,1-3H3,(H,13,14). The quantitative estimate of drug-likeness (QED) is 0.803. The lowest BCUT2D eigenvalue weighted by molar-refractivity contribution is -0.123. The molecule has 0 radical (unpaired) electrons. The number of halogens is 1. The molecule has 4 heteroatoms. The van der Waals surface area contributed by atoms with Gasteiger partial charge in [-0.2, -0.15) is 0 Å². The summed E-state index contributed by atoms with van der Waals surface area (Å²) in [6, 6.07) is 0.